The summed E-state index contributed by atoms with van der Waals surface area (Å²) in [7, 11) is 0. The second-order valence-corrected chi connectivity index (χ2v) is 6.54. The zero-order valence-corrected chi connectivity index (χ0v) is 11.1. The monoisotopic (exact) mass is 226 g/mol. The molecule has 2 aliphatic carbocycles. The first-order valence-corrected chi connectivity index (χ1v) is 7.23. The Morgan fingerprint density at radius 3 is 2.06 bits per heavy atom. The van der Waals surface area contributed by atoms with Crippen LogP contribution in [0.25, 0.3) is 0 Å². The third-order valence-electron chi connectivity index (χ3n) is 5.43. The summed E-state index contributed by atoms with van der Waals surface area (Å²) < 4.78 is 14.4. The van der Waals surface area contributed by atoms with Crippen molar-refractivity contribution in [2.24, 2.45) is 29.6 Å². The van der Waals surface area contributed by atoms with Crippen molar-refractivity contribution >= 4 is 0 Å². The van der Waals surface area contributed by atoms with Crippen LogP contribution in [0.5, 0.6) is 0 Å². The molecule has 0 radical (unpaired) electrons. The normalized spacial score (nSPS) is 50.2. The molecule has 0 heterocycles. The number of hydrogen-bond donors (Lipinski definition) is 0. The first-order chi connectivity index (χ1) is 7.59. The smallest absolute Gasteiger partial charge is 0.106 e. The van der Waals surface area contributed by atoms with Crippen molar-refractivity contribution < 1.29 is 4.39 Å². The SMILES string of the molecule is CC1CCC(C2CCC(C)C(C)C2F)CC1. The van der Waals surface area contributed by atoms with E-state index in [0.717, 1.165) is 12.3 Å². The number of alkyl halides is 1. The highest BCUT2D eigenvalue weighted by Crippen LogP contribution is 2.44. The topological polar surface area (TPSA) is 0 Å². The molecule has 2 saturated carbocycles. The lowest BCUT2D eigenvalue weighted by atomic mass is 9.66. The van der Waals surface area contributed by atoms with Gasteiger partial charge in [0.1, 0.15) is 6.17 Å². The van der Waals surface area contributed by atoms with E-state index in [9.17, 15) is 4.39 Å². The fraction of sp³-hybridized carbons (Fsp3) is 1.00. The van der Waals surface area contributed by atoms with Crippen LogP contribution < -0.4 is 0 Å². The number of hydrogen-bond acceptors (Lipinski definition) is 0. The van der Waals surface area contributed by atoms with Gasteiger partial charge in [-0.25, -0.2) is 4.39 Å². The van der Waals surface area contributed by atoms with Crippen molar-refractivity contribution in [3.8, 4) is 0 Å². The van der Waals surface area contributed by atoms with E-state index in [4.69, 9.17) is 0 Å². The van der Waals surface area contributed by atoms with E-state index in [2.05, 4.69) is 20.8 Å². The molecule has 0 bridgehead atoms. The van der Waals surface area contributed by atoms with Gasteiger partial charge in [-0.3, -0.25) is 0 Å². The van der Waals surface area contributed by atoms with Crippen LogP contribution in [0.3, 0.4) is 0 Å². The molecule has 16 heavy (non-hydrogen) atoms. The molecule has 94 valence electrons. The van der Waals surface area contributed by atoms with Crippen molar-refractivity contribution in [2.45, 2.75) is 65.5 Å². The van der Waals surface area contributed by atoms with Gasteiger partial charge in [0.25, 0.3) is 0 Å². The average Bonchev–Trinajstić information content (AvgIpc) is 2.28. The molecule has 0 amide bonds. The summed E-state index contributed by atoms with van der Waals surface area (Å²) in [5.74, 6) is 2.85. The molecule has 0 saturated heterocycles. The second-order valence-electron chi connectivity index (χ2n) is 6.54. The highest BCUT2D eigenvalue weighted by atomic mass is 19.1. The lowest BCUT2D eigenvalue weighted by molar-refractivity contribution is 0.0211. The third-order valence-corrected chi connectivity index (χ3v) is 5.43. The molecule has 0 aromatic carbocycles. The van der Waals surface area contributed by atoms with Gasteiger partial charge in [0, 0.05) is 0 Å². The van der Waals surface area contributed by atoms with Gasteiger partial charge in [0.2, 0.25) is 0 Å². The Hall–Kier alpha value is -0.0700. The Bertz CT molecular complexity index is 217. The van der Waals surface area contributed by atoms with Gasteiger partial charge in [0.05, 0.1) is 0 Å². The first-order valence-electron chi connectivity index (χ1n) is 7.23. The van der Waals surface area contributed by atoms with Crippen LogP contribution in [0.4, 0.5) is 4.39 Å². The van der Waals surface area contributed by atoms with E-state index >= 15 is 0 Å². The fourth-order valence-electron chi connectivity index (χ4n) is 3.79. The molecule has 2 aliphatic rings. The molecular weight excluding hydrogens is 199 g/mol. The Morgan fingerprint density at radius 2 is 1.44 bits per heavy atom. The van der Waals surface area contributed by atoms with Crippen molar-refractivity contribution in [2.75, 3.05) is 0 Å². The van der Waals surface area contributed by atoms with Crippen molar-refractivity contribution in [3.63, 3.8) is 0 Å². The molecule has 2 fully saturated rings. The molecule has 4 atom stereocenters. The van der Waals surface area contributed by atoms with Crippen LogP contribution in [-0.4, -0.2) is 6.17 Å². The minimum Gasteiger partial charge on any atom is -0.247 e. The number of halogens is 1. The minimum absolute atomic E-state index is 0.290. The zero-order valence-electron chi connectivity index (χ0n) is 11.1. The minimum atomic E-state index is -0.526. The number of rotatable bonds is 1. The summed E-state index contributed by atoms with van der Waals surface area (Å²) in [6, 6.07) is 0. The molecule has 0 aliphatic heterocycles. The Morgan fingerprint density at radius 1 is 0.812 bits per heavy atom. The van der Waals surface area contributed by atoms with Crippen LogP contribution in [-0.2, 0) is 0 Å². The van der Waals surface area contributed by atoms with Gasteiger partial charge in [-0.2, -0.15) is 0 Å². The molecule has 0 nitrogen and oxygen atoms in total. The molecular formula is C15H27F. The van der Waals surface area contributed by atoms with Crippen LogP contribution >= 0.6 is 0 Å². The van der Waals surface area contributed by atoms with Crippen molar-refractivity contribution in [1.29, 1.82) is 0 Å². The zero-order chi connectivity index (χ0) is 11.7. The molecule has 0 aromatic heterocycles. The van der Waals surface area contributed by atoms with Crippen molar-refractivity contribution in [1.82, 2.24) is 0 Å². The Labute approximate surface area is 100 Å². The summed E-state index contributed by atoms with van der Waals surface area (Å²) in [5.41, 5.74) is 0. The van der Waals surface area contributed by atoms with Gasteiger partial charge in [-0.05, 0) is 55.3 Å². The van der Waals surface area contributed by atoms with Gasteiger partial charge in [0.15, 0.2) is 0 Å². The highest BCUT2D eigenvalue weighted by Gasteiger charge is 2.39. The maximum absolute atomic E-state index is 14.4. The van der Waals surface area contributed by atoms with Crippen LogP contribution in [0.15, 0.2) is 0 Å². The van der Waals surface area contributed by atoms with E-state index in [1.54, 1.807) is 0 Å². The largest absolute Gasteiger partial charge is 0.247 e. The quantitative estimate of drug-likeness (QED) is 0.600. The molecule has 0 aromatic rings. The molecule has 0 N–H and O–H groups in total. The summed E-state index contributed by atoms with van der Waals surface area (Å²) in [5, 5.41) is 0. The van der Waals surface area contributed by atoms with Gasteiger partial charge in [-0.1, -0.05) is 33.6 Å². The summed E-state index contributed by atoms with van der Waals surface area (Å²) in [6.45, 7) is 6.68. The van der Waals surface area contributed by atoms with E-state index < -0.39 is 6.17 Å². The summed E-state index contributed by atoms with van der Waals surface area (Å²) in [4.78, 5) is 0. The van der Waals surface area contributed by atoms with E-state index in [1.165, 1.54) is 32.1 Å². The molecule has 1 heteroatoms. The molecule has 4 unspecified atom stereocenters. The summed E-state index contributed by atoms with van der Waals surface area (Å²) in [6.07, 6.45) is 7.10. The standard InChI is InChI=1S/C15H27F/c1-10-4-7-13(8-5-10)14-9-6-11(2)12(3)15(14)16/h10-15H,4-9H2,1-3H3. The second kappa shape index (κ2) is 5.06. The Kier molecular flexibility index (Phi) is 3.92. The first kappa shape index (κ1) is 12.4. The van der Waals surface area contributed by atoms with E-state index in [-0.39, 0.29) is 5.92 Å². The van der Waals surface area contributed by atoms with E-state index in [0.29, 0.717) is 17.8 Å². The predicted octanol–water partition coefficient (Wildman–Crippen LogP) is 4.83. The average molecular weight is 226 g/mol. The Balaban J connectivity index is 1.94. The summed E-state index contributed by atoms with van der Waals surface area (Å²) >= 11 is 0. The van der Waals surface area contributed by atoms with Gasteiger partial charge < -0.3 is 0 Å². The van der Waals surface area contributed by atoms with Crippen LogP contribution in [0.2, 0.25) is 0 Å². The van der Waals surface area contributed by atoms with E-state index in [1.807, 2.05) is 0 Å². The van der Waals surface area contributed by atoms with Gasteiger partial charge >= 0.3 is 0 Å². The van der Waals surface area contributed by atoms with Crippen molar-refractivity contribution in [3.05, 3.63) is 0 Å². The fourth-order valence-corrected chi connectivity index (χ4v) is 3.79. The van der Waals surface area contributed by atoms with Crippen LogP contribution in [0.1, 0.15) is 59.3 Å². The highest BCUT2D eigenvalue weighted by molar-refractivity contribution is 4.89. The molecule has 2 rings (SSSR count). The van der Waals surface area contributed by atoms with Gasteiger partial charge in [-0.15, -0.1) is 0 Å². The third kappa shape index (κ3) is 2.43. The molecule has 0 spiro atoms. The maximum Gasteiger partial charge on any atom is 0.106 e. The lowest BCUT2D eigenvalue weighted by Gasteiger charge is -2.41. The lowest BCUT2D eigenvalue weighted by Crippen LogP contribution is -2.38. The maximum atomic E-state index is 14.4. The van der Waals surface area contributed by atoms with Crippen LogP contribution in [0, 0.1) is 29.6 Å². The predicted molar refractivity (Wildman–Crippen MR) is 67.1 cm³/mol.